The molecule has 126 valence electrons. The molecule has 24 heavy (non-hydrogen) atoms. The Morgan fingerprint density at radius 3 is 2.54 bits per heavy atom. The second-order valence-electron chi connectivity index (χ2n) is 6.31. The van der Waals surface area contributed by atoms with Gasteiger partial charge in [-0.1, -0.05) is 0 Å². The van der Waals surface area contributed by atoms with Crippen LogP contribution in [0.15, 0.2) is 41.1 Å². The van der Waals surface area contributed by atoms with Crippen LogP contribution in [-0.4, -0.2) is 23.5 Å². The quantitative estimate of drug-likeness (QED) is 0.754. The summed E-state index contributed by atoms with van der Waals surface area (Å²) >= 11 is 1.50. The Morgan fingerprint density at radius 2 is 1.96 bits per heavy atom. The van der Waals surface area contributed by atoms with E-state index in [1.54, 1.807) is 31.2 Å². The number of aliphatic hydroxyl groups is 1. The van der Waals surface area contributed by atoms with Crippen LogP contribution in [-0.2, 0) is 10.4 Å². The lowest BCUT2D eigenvalue weighted by molar-refractivity contribution is -0.117. The van der Waals surface area contributed by atoms with Crippen LogP contribution >= 0.6 is 11.3 Å². The van der Waals surface area contributed by atoms with Crippen LogP contribution in [0.25, 0.3) is 0 Å². The summed E-state index contributed by atoms with van der Waals surface area (Å²) in [5.74, 6) is -0.0723. The molecule has 1 fully saturated rings. The first-order valence-corrected chi connectivity index (χ1v) is 8.84. The van der Waals surface area contributed by atoms with E-state index < -0.39 is 5.60 Å². The average molecular weight is 344 g/mol. The highest BCUT2D eigenvalue weighted by atomic mass is 32.1. The van der Waals surface area contributed by atoms with Crippen LogP contribution in [0, 0.1) is 5.92 Å². The van der Waals surface area contributed by atoms with Gasteiger partial charge in [-0.05, 0) is 66.4 Å². The molecular formula is C18H20N2O3S. The Labute approximate surface area is 144 Å². The third-order valence-electron chi connectivity index (χ3n) is 4.10. The van der Waals surface area contributed by atoms with Gasteiger partial charge in [-0.15, -0.1) is 0 Å². The normalized spacial score (nSPS) is 16.2. The Bertz CT molecular complexity index is 719. The maximum Gasteiger partial charge on any atom is 0.251 e. The number of rotatable bonds is 6. The van der Waals surface area contributed by atoms with Crippen LogP contribution in [0.3, 0.4) is 0 Å². The first-order valence-electron chi connectivity index (χ1n) is 7.90. The number of nitrogens with one attached hydrogen (secondary N) is 2. The molecule has 5 nitrogen and oxygen atoms in total. The lowest BCUT2D eigenvalue weighted by Gasteiger charge is -2.22. The van der Waals surface area contributed by atoms with Crippen LogP contribution in [0.2, 0.25) is 0 Å². The molecule has 2 aromatic rings. The number of carbonyl (C=O) groups is 2. The summed E-state index contributed by atoms with van der Waals surface area (Å²) in [4.78, 5) is 23.9. The van der Waals surface area contributed by atoms with E-state index >= 15 is 0 Å². The van der Waals surface area contributed by atoms with Gasteiger partial charge in [0, 0.05) is 17.2 Å². The van der Waals surface area contributed by atoms with E-state index in [0.29, 0.717) is 11.3 Å². The van der Waals surface area contributed by atoms with Crippen LogP contribution in [0.4, 0.5) is 5.69 Å². The molecule has 0 bridgehead atoms. The second kappa shape index (κ2) is 6.75. The summed E-state index contributed by atoms with van der Waals surface area (Å²) in [5.41, 5.74) is 0.855. The Morgan fingerprint density at radius 1 is 1.25 bits per heavy atom. The van der Waals surface area contributed by atoms with Crippen molar-refractivity contribution >= 4 is 28.8 Å². The van der Waals surface area contributed by atoms with Crippen LogP contribution in [0.5, 0.6) is 0 Å². The van der Waals surface area contributed by atoms with Crippen molar-refractivity contribution in [3.8, 4) is 0 Å². The molecule has 3 rings (SSSR count). The first kappa shape index (κ1) is 16.7. The zero-order chi connectivity index (χ0) is 17.2. The second-order valence-corrected chi connectivity index (χ2v) is 7.09. The van der Waals surface area contributed by atoms with Gasteiger partial charge >= 0.3 is 0 Å². The molecule has 0 saturated heterocycles. The number of amides is 2. The van der Waals surface area contributed by atoms with E-state index in [-0.39, 0.29) is 24.3 Å². The number of carbonyl (C=O) groups excluding carboxylic acids is 2. The molecule has 1 heterocycles. The summed E-state index contributed by atoms with van der Waals surface area (Å²) < 4.78 is 0. The molecule has 1 aromatic heterocycles. The summed E-state index contributed by atoms with van der Waals surface area (Å²) in [5, 5.41) is 19.7. The Kier molecular flexibility index (Phi) is 4.69. The molecule has 3 N–H and O–H groups in total. The topological polar surface area (TPSA) is 78.4 Å². The van der Waals surface area contributed by atoms with E-state index in [2.05, 4.69) is 10.6 Å². The van der Waals surface area contributed by atoms with Crippen molar-refractivity contribution < 1.29 is 14.7 Å². The zero-order valence-electron chi connectivity index (χ0n) is 13.4. The fourth-order valence-corrected chi connectivity index (χ4v) is 3.11. The highest BCUT2D eigenvalue weighted by Gasteiger charge is 2.29. The Balaban J connectivity index is 1.55. The van der Waals surface area contributed by atoms with E-state index in [1.807, 2.05) is 16.8 Å². The van der Waals surface area contributed by atoms with Gasteiger partial charge in [0.05, 0.1) is 6.54 Å². The highest BCUT2D eigenvalue weighted by molar-refractivity contribution is 7.08. The standard InChI is InChI=1S/C18H20N2O3S/c1-18(23,14-8-9-24-10-14)11-19-16(21)12-4-6-15(7-5-12)20-17(22)13-2-3-13/h4-10,13,23H,2-3,11H2,1H3,(H,19,21)(H,20,22). The van der Waals surface area contributed by atoms with Gasteiger partial charge < -0.3 is 15.7 Å². The predicted molar refractivity (Wildman–Crippen MR) is 94.0 cm³/mol. The maximum absolute atomic E-state index is 12.2. The van der Waals surface area contributed by atoms with Gasteiger partial charge in [-0.25, -0.2) is 0 Å². The average Bonchev–Trinajstić information content (AvgIpc) is 3.27. The first-order chi connectivity index (χ1) is 11.5. The number of thiophene rings is 1. The SMILES string of the molecule is CC(O)(CNC(=O)c1ccc(NC(=O)C2CC2)cc1)c1ccsc1. The van der Waals surface area contributed by atoms with Crippen molar-refractivity contribution in [3.05, 3.63) is 52.2 Å². The van der Waals surface area contributed by atoms with Crippen molar-refractivity contribution in [2.24, 2.45) is 5.92 Å². The molecule has 0 spiro atoms. The monoisotopic (exact) mass is 344 g/mol. The zero-order valence-corrected chi connectivity index (χ0v) is 14.2. The molecular weight excluding hydrogens is 324 g/mol. The maximum atomic E-state index is 12.2. The van der Waals surface area contributed by atoms with Crippen LogP contribution in [0.1, 0.15) is 35.7 Å². The lowest BCUT2D eigenvalue weighted by atomic mass is 9.99. The summed E-state index contributed by atoms with van der Waals surface area (Å²) in [6.07, 6.45) is 1.91. The minimum Gasteiger partial charge on any atom is -0.384 e. The molecule has 1 unspecified atom stereocenters. The molecule has 0 aliphatic heterocycles. The molecule has 1 saturated carbocycles. The number of hydrogen-bond acceptors (Lipinski definition) is 4. The van der Waals surface area contributed by atoms with Gasteiger partial charge in [0.25, 0.3) is 5.91 Å². The van der Waals surface area contributed by atoms with E-state index in [9.17, 15) is 14.7 Å². The summed E-state index contributed by atoms with van der Waals surface area (Å²) in [6.45, 7) is 1.80. The number of anilines is 1. The van der Waals surface area contributed by atoms with Crippen molar-refractivity contribution in [1.29, 1.82) is 0 Å². The smallest absolute Gasteiger partial charge is 0.251 e. The molecule has 6 heteroatoms. The summed E-state index contributed by atoms with van der Waals surface area (Å²) in [7, 11) is 0. The lowest BCUT2D eigenvalue weighted by Crippen LogP contribution is -2.38. The fourth-order valence-electron chi connectivity index (χ4n) is 2.32. The van der Waals surface area contributed by atoms with Crippen molar-refractivity contribution in [2.45, 2.75) is 25.4 Å². The molecule has 1 atom stereocenters. The Hall–Kier alpha value is -2.18. The van der Waals surface area contributed by atoms with Crippen LogP contribution < -0.4 is 10.6 Å². The molecule has 2 amide bonds. The highest BCUT2D eigenvalue weighted by Crippen LogP contribution is 2.30. The van der Waals surface area contributed by atoms with Gasteiger partial charge in [-0.2, -0.15) is 11.3 Å². The van der Waals surface area contributed by atoms with Gasteiger partial charge in [-0.3, -0.25) is 9.59 Å². The largest absolute Gasteiger partial charge is 0.384 e. The van der Waals surface area contributed by atoms with Gasteiger partial charge in [0.1, 0.15) is 5.60 Å². The van der Waals surface area contributed by atoms with E-state index in [1.165, 1.54) is 11.3 Å². The molecule has 1 aliphatic rings. The third kappa shape index (κ3) is 4.01. The molecule has 1 aromatic carbocycles. The molecule has 0 radical (unpaired) electrons. The van der Waals surface area contributed by atoms with E-state index in [4.69, 9.17) is 0 Å². The third-order valence-corrected chi connectivity index (χ3v) is 4.78. The van der Waals surface area contributed by atoms with Gasteiger partial charge in [0.15, 0.2) is 0 Å². The minimum absolute atomic E-state index is 0.0408. The summed E-state index contributed by atoms with van der Waals surface area (Å²) in [6, 6.07) is 8.60. The molecule has 1 aliphatic carbocycles. The van der Waals surface area contributed by atoms with Crippen molar-refractivity contribution in [1.82, 2.24) is 5.32 Å². The number of hydrogen-bond donors (Lipinski definition) is 3. The minimum atomic E-state index is -1.10. The number of benzene rings is 1. The van der Waals surface area contributed by atoms with E-state index in [0.717, 1.165) is 18.4 Å². The predicted octanol–water partition coefficient (Wildman–Crippen LogP) is 2.73. The van der Waals surface area contributed by atoms with Crippen molar-refractivity contribution in [2.75, 3.05) is 11.9 Å². The van der Waals surface area contributed by atoms with Gasteiger partial charge in [0.2, 0.25) is 5.91 Å². The fraction of sp³-hybridized carbons (Fsp3) is 0.333. The van der Waals surface area contributed by atoms with Crippen molar-refractivity contribution in [3.63, 3.8) is 0 Å².